The Balaban J connectivity index is 2.72. The molecular weight excluding hydrogens is 242 g/mol. The number of aliphatic hydroxyl groups excluding tert-OH is 1. The van der Waals surface area contributed by atoms with Crippen molar-refractivity contribution in [1.29, 1.82) is 0 Å². The molecule has 0 fully saturated rings. The SMILES string of the molecule is CCN(CC)CCC(O)c1cc(OC)cc(OC)c1. The molecule has 0 aliphatic rings. The van der Waals surface area contributed by atoms with E-state index in [1.807, 2.05) is 12.1 Å². The summed E-state index contributed by atoms with van der Waals surface area (Å²) in [7, 11) is 3.22. The summed E-state index contributed by atoms with van der Waals surface area (Å²) in [6, 6.07) is 5.52. The molecule has 4 heteroatoms. The number of methoxy groups -OCH3 is 2. The Bertz CT molecular complexity index is 355. The smallest absolute Gasteiger partial charge is 0.122 e. The van der Waals surface area contributed by atoms with Gasteiger partial charge < -0.3 is 19.5 Å². The number of benzene rings is 1. The molecule has 0 saturated heterocycles. The van der Waals surface area contributed by atoms with Crippen LogP contribution < -0.4 is 9.47 Å². The number of nitrogens with zero attached hydrogens (tertiary/aromatic N) is 1. The third-order valence-electron chi connectivity index (χ3n) is 3.37. The van der Waals surface area contributed by atoms with Crippen molar-refractivity contribution >= 4 is 0 Å². The minimum absolute atomic E-state index is 0.496. The Morgan fingerprint density at radius 1 is 1.05 bits per heavy atom. The summed E-state index contributed by atoms with van der Waals surface area (Å²) in [5.41, 5.74) is 0.836. The number of ether oxygens (including phenoxy) is 2. The van der Waals surface area contributed by atoms with Crippen molar-refractivity contribution in [3.8, 4) is 11.5 Å². The summed E-state index contributed by atoms with van der Waals surface area (Å²) >= 11 is 0. The Labute approximate surface area is 115 Å². The monoisotopic (exact) mass is 267 g/mol. The fourth-order valence-corrected chi connectivity index (χ4v) is 2.03. The Kier molecular flexibility index (Phi) is 6.67. The van der Waals surface area contributed by atoms with Gasteiger partial charge in [-0.25, -0.2) is 0 Å². The second-order valence-electron chi connectivity index (χ2n) is 4.48. The van der Waals surface area contributed by atoms with Gasteiger partial charge in [-0.15, -0.1) is 0 Å². The van der Waals surface area contributed by atoms with Gasteiger partial charge in [0.15, 0.2) is 0 Å². The minimum atomic E-state index is -0.496. The maximum absolute atomic E-state index is 10.3. The van der Waals surface area contributed by atoms with Gasteiger partial charge >= 0.3 is 0 Å². The molecule has 0 saturated carbocycles. The predicted octanol–water partition coefficient (Wildman–Crippen LogP) is 2.47. The van der Waals surface area contributed by atoms with E-state index in [0.717, 1.165) is 25.2 Å². The highest BCUT2D eigenvalue weighted by Gasteiger charge is 2.12. The molecule has 1 atom stereocenters. The van der Waals surface area contributed by atoms with Crippen molar-refractivity contribution in [1.82, 2.24) is 4.90 Å². The van der Waals surface area contributed by atoms with Crippen molar-refractivity contribution in [2.24, 2.45) is 0 Å². The third kappa shape index (κ3) is 4.73. The first-order chi connectivity index (χ1) is 9.14. The average molecular weight is 267 g/mol. The highest BCUT2D eigenvalue weighted by Crippen LogP contribution is 2.27. The molecule has 1 rings (SSSR count). The lowest BCUT2D eigenvalue weighted by atomic mass is 10.1. The lowest BCUT2D eigenvalue weighted by molar-refractivity contribution is 0.144. The molecule has 1 N–H and O–H groups in total. The molecule has 0 aromatic heterocycles. The first-order valence-corrected chi connectivity index (χ1v) is 6.77. The average Bonchev–Trinajstić information content (AvgIpc) is 2.47. The van der Waals surface area contributed by atoms with Gasteiger partial charge in [0.05, 0.1) is 20.3 Å². The van der Waals surface area contributed by atoms with Gasteiger partial charge in [-0.1, -0.05) is 13.8 Å². The van der Waals surface area contributed by atoms with Crippen LogP contribution in [0.25, 0.3) is 0 Å². The summed E-state index contributed by atoms with van der Waals surface area (Å²) in [6.07, 6.45) is 0.211. The maximum atomic E-state index is 10.3. The molecule has 1 aromatic rings. The Hall–Kier alpha value is -1.26. The molecule has 1 aromatic carbocycles. The van der Waals surface area contributed by atoms with Crippen LogP contribution >= 0.6 is 0 Å². The molecule has 108 valence electrons. The quantitative estimate of drug-likeness (QED) is 0.785. The fraction of sp³-hybridized carbons (Fsp3) is 0.600. The number of hydrogen-bond donors (Lipinski definition) is 1. The highest BCUT2D eigenvalue weighted by molar-refractivity contribution is 5.39. The van der Waals surface area contributed by atoms with Crippen LogP contribution in [0.3, 0.4) is 0 Å². The maximum Gasteiger partial charge on any atom is 0.122 e. The molecule has 0 aliphatic heterocycles. The number of rotatable bonds is 8. The van der Waals surface area contributed by atoms with E-state index < -0.39 is 6.10 Å². The minimum Gasteiger partial charge on any atom is -0.497 e. The summed E-state index contributed by atoms with van der Waals surface area (Å²) in [6.45, 7) is 7.15. The van der Waals surface area contributed by atoms with Crippen molar-refractivity contribution in [2.45, 2.75) is 26.4 Å². The van der Waals surface area contributed by atoms with Crippen molar-refractivity contribution < 1.29 is 14.6 Å². The van der Waals surface area contributed by atoms with Gasteiger partial charge in [-0.2, -0.15) is 0 Å². The van der Waals surface area contributed by atoms with E-state index >= 15 is 0 Å². The zero-order valence-corrected chi connectivity index (χ0v) is 12.3. The van der Waals surface area contributed by atoms with Crippen LogP contribution in [0.4, 0.5) is 0 Å². The number of aliphatic hydroxyl groups is 1. The first kappa shape index (κ1) is 15.8. The van der Waals surface area contributed by atoms with Crippen LogP contribution in [0.2, 0.25) is 0 Å². The fourth-order valence-electron chi connectivity index (χ4n) is 2.03. The van der Waals surface area contributed by atoms with Gasteiger partial charge in [0, 0.05) is 12.6 Å². The van der Waals surface area contributed by atoms with E-state index in [-0.39, 0.29) is 0 Å². The zero-order chi connectivity index (χ0) is 14.3. The Morgan fingerprint density at radius 3 is 2.00 bits per heavy atom. The molecule has 4 nitrogen and oxygen atoms in total. The van der Waals surface area contributed by atoms with Gasteiger partial charge in [0.25, 0.3) is 0 Å². The lowest BCUT2D eigenvalue weighted by Gasteiger charge is -2.20. The second-order valence-corrected chi connectivity index (χ2v) is 4.48. The molecule has 0 heterocycles. The van der Waals surface area contributed by atoms with Crippen LogP contribution in [0.1, 0.15) is 31.9 Å². The van der Waals surface area contributed by atoms with Gasteiger partial charge in [0.1, 0.15) is 11.5 Å². The summed E-state index contributed by atoms with van der Waals surface area (Å²) < 4.78 is 10.4. The topological polar surface area (TPSA) is 41.9 Å². The van der Waals surface area contributed by atoms with E-state index in [1.54, 1.807) is 20.3 Å². The first-order valence-electron chi connectivity index (χ1n) is 6.77. The van der Waals surface area contributed by atoms with Crippen LogP contribution in [-0.2, 0) is 0 Å². The largest absolute Gasteiger partial charge is 0.497 e. The van der Waals surface area contributed by atoms with Crippen molar-refractivity contribution in [3.05, 3.63) is 23.8 Å². The van der Waals surface area contributed by atoms with Crippen LogP contribution in [-0.4, -0.2) is 43.9 Å². The standard InChI is InChI=1S/C15H25NO3/c1-5-16(6-2)8-7-15(17)12-9-13(18-3)11-14(10-12)19-4/h9-11,15,17H,5-8H2,1-4H3. The van der Waals surface area contributed by atoms with Crippen molar-refractivity contribution in [3.63, 3.8) is 0 Å². The second kappa shape index (κ2) is 8.02. The van der Waals surface area contributed by atoms with Crippen LogP contribution in [0.5, 0.6) is 11.5 Å². The molecule has 0 amide bonds. The molecule has 0 radical (unpaired) electrons. The van der Waals surface area contributed by atoms with Gasteiger partial charge in [0.2, 0.25) is 0 Å². The van der Waals surface area contributed by atoms with Gasteiger partial charge in [-0.3, -0.25) is 0 Å². The van der Waals surface area contributed by atoms with Crippen LogP contribution in [0.15, 0.2) is 18.2 Å². The Morgan fingerprint density at radius 2 is 1.58 bits per heavy atom. The summed E-state index contributed by atoms with van der Waals surface area (Å²) in [5, 5.41) is 10.3. The summed E-state index contributed by atoms with van der Waals surface area (Å²) in [4.78, 5) is 2.29. The van der Waals surface area contributed by atoms with E-state index in [1.165, 1.54) is 0 Å². The van der Waals surface area contributed by atoms with E-state index in [0.29, 0.717) is 17.9 Å². The van der Waals surface area contributed by atoms with E-state index in [4.69, 9.17) is 9.47 Å². The lowest BCUT2D eigenvalue weighted by Crippen LogP contribution is -2.25. The van der Waals surface area contributed by atoms with Gasteiger partial charge in [-0.05, 0) is 37.2 Å². The van der Waals surface area contributed by atoms with Crippen LogP contribution in [0, 0.1) is 0 Å². The predicted molar refractivity (Wildman–Crippen MR) is 76.9 cm³/mol. The molecule has 19 heavy (non-hydrogen) atoms. The third-order valence-corrected chi connectivity index (χ3v) is 3.37. The van der Waals surface area contributed by atoms with E-state index in [9.17, 15) is 5.11 Å². The summed E-state index contributed by atoms with van der Waals surface area (Å²) in [5.74, 6) is 1.41. The number of hydrogen-bond acceptors (Lipinski definition) is 4. The van der Waals surface area contributed by atoms with E-state index in [2.05, 4.69) is 18.7 Å². The molecule has 0 bridgehead atoms. The molecule has 0 aliphatic carbocycles. The highest BCUT2D eigenvalue weighted by atomic mass is 16.5. The molecular formula is C15H25NO3. The zero-order valence-electron chi connectivity index (χ0n) is 12.3. The van der Waals surface area contributed by atoms with Crippen molar-refractivity contribution in [2.75, 3.05) is 33.9 Å². The molecule has 1 unspecified atom stereocenters. The molecule has 0 spiro atoms. The normalized spacial score (nSPS) is 12.5.